The maximum atomic E-state index is 12.3. The lowest BCUT2D eigenvalue weighted by Gasteiger charge is -2.19. The minimum Gasteiger partial charge on any atom is -0.327 e. The molecule has 2 N–H and O–H groups in total. The Hall–Kier alpha value is -0.840. The van der Waals surface area contributed by atoms with E-state index in [4.69, 9.17) is 5.73 Å². The standard InChI is InChI=1S/C8H13F3N2/c1-4-13-7(8(9,10)11)5(2)6(3)12/h4-6H,1,12H2,2-3H3/b13-7+. The number of hydrogen-bond donors (Lipinski definition) is 1. The minimum absolute atomic E-state index is 0.583. The fourth-order valence-corrected chi connectivity index (χ4v) is 0.796. The second kappa shape index (κ2) is 4.41. The Morgan fingerprint density at radius 3 is 2.15 bits per heavy atom. The van der Waals surface area contributed by atoms with Crippen LogP contribution >= 0.6 is 0 Å². The van der Waals surface area contributed by atoms with Crippen LogP contribution in [0.15, 0.2) is 17.8 Å². The summed E-state index contributed by atoms with van der Waals surface area (Å²) in [6.07, 6.45) is -3.55. The predicted octanol–water partition coefficient (Wildman–Crippen LogP) is 2.12. The third-order valence-corrected chi connectivity index (χ3v) is 1.74. The summed E-state index contributed by atoms with van der Waals surface area (Å²) < 4.78 is 36.9. The first-order valence-electron chi connectivity index (χ1n) is 3.82. The van der Waals surface area contributed by atoms with E-state index < -0.39 is 23.8 Å². The maximum Gasteiger partial charge on any atom is 0.429 e. The van der Waals surface area contributed by atoms with Crippen LogP contribution in [0.2, 0.25) is 0 Å². The van der Waals surface area contributed by atoms with Crippen LogP contribution in [-0.2, 0) is 0 Å². The van der Waals surface area contributed by atoms with E-state index in [-0.39, 0.29) is 0 Å². The number of nitrogens with zero attached hydrogens (tertiary/aromatic N) is 1. The zero-order valence-corrected chi connectivity index (χ0v) is 7.60. The van der Waals surface area contributed by atoms with Gasteiger partial charge in [0.2, 0.25) is 0 Å². The van der Waals surface area contributed by atoms with Crippen LogP contribution in [0.4, 0.5) is 13.2 Å². The number of alkyl halides is 3. The molecule has 0 aromatic rings. The van der Waals surface area contributed by atoms with Crippen molar-refractivity contribution < 1.29 is 13.2 Å². The van der Waals surface area contributed by atoms with Gasteiger partial charge in [0.1, 0.15) is 5.71 Å². The van der Waals surface area contributed by atoms with Crippen molar-refractivity contribution in [2.75, 3.05) is 0 Å². The van der Waals surface area contributed by atoms with Gasteiger partial charge in [0.15, 0.2) is 0 Å². The molecule has 0 aliphatic heterocycles. The summed E-state index contributed by atoms with van der Waals surface area (Å²) in [5.41, 5.74) is 4.47. The average molecular weight is 194 g/mol. The highest BCUT2D eigenvalue weighted by Crippen LogP contribution is 2.23. The van der Waals surface area contributed by atoms with Gasteiger partial charge in [-0.25, -0.2) is 0 Å². The van der Waals surface area contributed by atoms with E-state index in [1.807, 2.05) is 0 Å². The molecule has 5 heteroatoms. The summed E-state index contributed by atoms with van der Waals surface area (Å²) in [5, 5.41) is 0. The molecule has 0 radical (unpaired) electrons. The van der Waals surface area contributed by atoms with Crippen LogP contribution in [0.5, 0.6) is 0 Å². The van der Waals surface area contributed by atoms with Gasteiger partial charge in [0.05, 0.1) is 0 Å². The van der Waals surface area contributed by atoms with Gasteiger partial charge in [-0.1, -0.05) is 13.5 Å². The smallest absolute Gasteiger partial charge is 0.327 e. The molecule has 76 valence electrons. The Labute approximate surface area is 75.3 Å². The highest BCUT2D eigenvalue weighted by molar-refractivity contribution is 5.92. The van der Waals surface area contributed by atoms with E-state index in [0.29, 0.717) is 0 Å². The third-order valence-electron chi connectivity index (χ3n) is 1.74. The molecule has 0 aliphatic carbocycles. The van der Waals surface area contributed by atoms with Crippen molar-refractivity contribution >= 4 is 5.71 Å². The summed E-state index contributed by atoms with van der Waals surface area (Å²) in [7, 11) is 0. The van der Waals surface area contributed by atoms with Gasteiger partial charge < -0.3 is 5.73 Å². The van der Waals surface area contributed by atoms with Crippen molar-refractivity contribution in [2.24, 2.45) is 16.6 Å². The summed E-state index contributed by atoms with van der Waals surface area (Å²) >= 11 is 0. The molecule has 0 rings (SSSR count). The molecule has 2 atom stereocenters. The van der Waals surface area contributed by atoms with Gasteiger partial charge in [0.25, 0.3) is 0 Å². The highest BCUT2D eigenvalue weighted by Gasteiger charge is 2.39. The van der Waals surface area contributed by atoms with E-state index >= 15 is 0 Å². The summed E-state index contributed by atoms with van der Waals surface area (Å²) in [5.74, 6) is -0.821. The van der Waals surface area contributed by atoms with Crippen LogP contribution < -0.4 is 5.73 Å². The first-order chi connectivity index (χ1) is 5.80. The Morgan fingerprint density at radius 1 is 1.46 bits per heavy atom. The molecule has 0 aromatic heterocycles. The van der Waals surface area contributed by atoms with Crippen molar-refractivity contribution in [3.8, 4) is 0 Å². The molecular formula is C8H13F3N2. The number of hydrogen-bond acceptors (Lipinski definition) is 2. The van der Waals surface area contributed by atoms with Crippen LogP contribution in [-0.4, -0.2) is 17.9 Å². The van der Waals surface area contributed by atoms with E-state index in [1.54, 1.807) is 0 Å². The van der Waals surface area contributed by atoms with Gasteiger partial charge >= 0.3 is 6.18 Å². The number of nitrogens with two attached hydrogens (primary N) is 1. The molecule has 0 heterocycles. The van der Waals surface area contributed by atoms with Crippen molar-refractivity contribution in [1.29, 1.82) is 0 Å². The van der Waals surface area contributed by atoms with E-state index in [2.05, 4.69) is 11.6 Å². The van der Waals surface area contributed by atoms with Crippen LogP contribution in [0.25, 0.3) is 0 Å². The average Bonchev–Trinajstić information content (AvgIpc) is 1.96. The molecule has 2 unspecified atom stereocenters. The zero-order chi connectivity index (χ0) is 10.6. The lowest BCUT2D eigenvalue weighted by molar-refractivity contribution is -0.0629. The van der Waals surface area contributed by atoms with Crippen LogP contribution in [0, 0.1) is 5.92 Å². The van der Waals surface area contributed by atoms with Gasteiger partial charge in [-0.2, -0.15) is 13.2 Å². The third kappa shape index (κ3) is 3.59. The number of aliphatic imine (C=N–C) groups is 1. The molecule has 0 saturated carbocycles. The molecule has 13 heavy (non-hydrogen) atoms. The van der Waals surface area contributed by atoms with Crippen LogP contribution in [0.3, 0.4) is 0 Å². The van der Waals surface area contributed by atoms with Crippen molar-refractivity contribution in [2.45, 2.75) is 26.1 Å². The molecule has 0 fully saturated rings. The highest BCUT2D eigenvalue weighted by atomic mass is 19.4. The van der Waals surface area contributed by atoms with Gasteiger partial charge in [-0.05, 0) is 6.92 Å². The number of rotatable bonds is 3. The Kier molecular flexibility index (Phi) is 4.13. The Morgan fingerprint density at radius 2 is 1.92 bits per heavy atom. The quantitative estimate of drug-likeness (QED) is 0.686. The molecule has 0 bridgehead atoms. The zero-order valence-electron chi connectivity index (χ0n) is 7.60. The predicted molar refractivity (Wildman–Crippen MR) is 46.5 cm³/mol. The van der Waals surface area contributed by atoms with E-state index in [0.717, 1.165) is 6.20 Å². The normalized spacial score (nSPS) is 18.2. The largest absolute Gasteiger partial charge is 0.429 e. The first kappa shape index (κ1) is 12.2. The SMILES string of the molecule is C=C/N=C(\C(C)C(C)N)C(F)(F)F. The fourth-order valence-electron chi connectivity index (χ4n) is 0.796. The number of halogens is 3. The van der Waals surface area contributed by atoms with Gasteiger partial charge in [-0.3, -0.25) is 4.99 Å². The molecule has 0 amide bonds. The Bertz CT molecular complexity index is 206. The van der Waals surface area contributed by atoms with E-state index in [9.17, 15) is 13.2 Å². The summed E-state index contributed by atoms with van der Waals surface area (Å²) in [4.78, 5) is 3.19. The summed E-state index contributed by atoms with van der Waals surface area (Å²) in [6, 6.07) is -0.583. The Balaban J connectivity index is 4.83. The second-order valence-electron chi connectivity index (χ2n) is 2.84. The fraction of sp³-hybridized carbons (Fsp3) is 0.625. The lowest BCUT2D eigenvalue weighted by Crippen LogP contribution is -2.38. The second-order valence-corrected chi connectivity index (χ2v) is 2.84. The maximum absolute atomic E-state index is 12.3. The van der Waals surface area contributed by atoms with Crippen LogP contribution in [0.1, 0.15) is 13.8 Å². The molecule has 0 saturated heterocycles. The minimum atomic E-state index is -4.43. The van der Waals surface area contributed by atoms with Crippen molar-refractivity contribution in [3.05, 3.63) is 12.8 Å². The van der Waals surface area contributed by atoms with Gasteiger partial charge in [-0.15, -0.1) is 0 Å². The lowest BCUT2D eigenvalue weighted by atomic mass is 9.98. The van der Waals surface area contributed by atoms with Crippen molar-refractivity contribution in [3.63, 3.8) is 0 Å². The monoisotopic (exact) mass is 194 g/mol. The van der Waals surface area contributed by atoms with Crippen molar-refractivity contribution in [1.82, 2.24) is 0 Å². The molecular weight excluding hydrogens is 181 g/mol. The molecule has 0 aliphatic rings. The first-order valence-corrected chi connectivity index (χ1v) is 3.82. The topological polar surface area (TPSA) is 38.4 Å². The molecule has 0 spiro atoms. The molecule has 0 aromatic carbocycles. The summed E-state index contributed by atoms with van der Waals surface area (Å²) in [6.45, 7) is 6.03. The molecule has 2 nitrogen and oxygen atoms in total. The van der Waals surface area contributed by atoms with E-state index in [1.165, 1.54) is 13.8 Å². The van der Waals surface area contributed by atoms with Gasteiger partial charge in [0, 0.05) is 18.2 Å².